The van der Waals surface area contributed by atoms with Crippen molar-refractivity contribution in [1.29, 1.82) is 0 Å². The maximum atomic E-state index is 13.3. The van der Waals surface area contributed by atoms with Crippen LogP contribution in [0.5, 0.6) is 0 Å². The molecule has 4 aromatic carbocycles. The van der Waals surface area contributed by atoms with Gasteiger partial charge < -0.3 is 25.1 Å². The van der Waals surface area contributed by atoms with Crippen LogP contribution in [0.3, 0.4) is 0 Å². The molecule has 2 aliphatic rings. The summed E-state index contributed by atoms with van der Waals surface area (Å²) >= 11 is 0. The van der Waals surface area contributed by atoms with Gasteiger partial charge in [-0.2, -0.15) is 10.2 Å². The first-order chi connectivity index (χ1) is 25.1. The van der Waals surface area contributed by atoms with Crippen LogP contribution in [-0.2, 0) is 30.4 Å². The summed E-state index contributed by atoms with van der Waals surface area (Å²) in [6, 6.07) is 15.8. The number of hydrogen-bond donors (Lipinski definition) is 4. The van der Waals surface area contributed by atoms with Crippen molar-refractivity contribution in [3.63, 3.8) is 0 Å². The molecule has 278 valence electrons. The van der Waals surface area contributed by atoms with Crippen molar-refractivity contribution in [2.24, 2.45) is 10.2 Å². The molecule has 0 saturated heterocycles. The standard InChI is InChI=1S/C34H28N6O11S3.3Na/c1-16-9-18(4-7-26(16)37-39-31-28(53(46,47)48)12-20-3-6-22(35)14-24(20)33(31)41)19-5-8-27(17(2)10-19)38-40-32-29(54(49,50)51)13-21-11-23(52(43,44)45)15-25(36)30(21)34(32)42;;;/h3-15,37-38H,35-36H2,1-2H3,(H,43,44,45)(H,46,47,48)(H,49,50,51);;;/q;3*+1/p-3/b39-31-,40-32+;;;. The van der Waals surface area contributed by atoms with Gasteiger partial charge in [-0.05, 0) is 108 Å². The van der Waals surface area contributed by atoms with E-state index in [0.29, 0.717) is 33.6 Å². The molecule has 0 heterocycles. The van der Waals surface area contributed by atoms with E-state index in [-0.39, 0.29) is 117 Å². The summed E-state index contributed by atoms with van der Waals surface area (Å²) < 4.78 is 107. The average molecular weight is 859 g/mol. The van der Waals surface area contributed by atoms with Crippen molar-refractivity contribution in [3.05, 3.63) is 110 Å². The van der Waals surface area contributed by atoms with Crippen LogP contribution in [0.4, 0.5) is 22.7 Å². The fourth-order valence-electron chi connectivity index (χ4n) is 5.73. The first kappa shape index (κ1) is 48.3. The quantitative estimate of drug-likeness (QED) is 0.0555. The molecule has 23 heteroatoms. The van der Waals surface area contributed by atoms with Crippen molar-refractivity contribution < 1.29 is 137 Å². The molecule has 0 aliphatic heterocycles. The van der Waals surface area contributed by atoms with Crippen LogP contribution in [0.25, 0.3) is 23.3 Å². The van der Waals surface area contributed by atoms with Crippen molar-refractivity contribution in [3.8, 4) is 11.1 Å². The number of carbonyl (C=O) groups excluding carboxylic acids is 2. The molecule has 6 rings (SSSR count). The number of nitrogen functional groups attached to an aromatic ring is 2. The van der Waals surface area contributed by atoms with E-state index >= 15 is 0 Å². The Labute approximate surface area is 393 Å². The Morgan fingerprint density at radius 3 is 1.51 bits per heavy atom. The summed E-state index contributed by atoms with van der Waals surface area (Å²) in [4.78, 5) is 23.8. The van der Waals surface area contributed by atoms with Gasteiger partial charge in [0.15, 0.2) is 0 Å². The summed E-state index contributed by atoms with van der Waals surface area (Å²) in [5, 5.41) is 7.90. The molecular formula is C34H25N6Na3O11S3. The smallest absolute Gasteiger partial charge is 0.744 e. The van der Waals surface area contributed by atoms with Gasteiger partial charge in [-0.1, -0.05) is 18.2 Å². The van der Waals surface area contributed by atoms with E-state index in [4.69, 9.17) is 11.5 Å². The first-order valence-corrected chi connectivity index (χ1v) is 19.5. The van der Waals surface area contributed by atoms with Crippen LogP contribution in [0.1, 0.15) is 43.0 Å². The van der Waals surface area contributed by atoms with E-state index < -0.39 is 73.7 Å². The Kier molecular flexibility index (Phi) is 15.3. The van der Waals surface area contributed by atoms with Gasteiger partial charge in [0.1, 0.15) is 41.8 Å². The molecule has 2 aliphatic carbocycles. The summed E-state index contributed by atoms with van der Waals surface area (Å²) in [5.41, 5.74) is 18.1. The van der Waals surface area contributed by atoms with E-state index in [1.54, 1.807) is 50.2 Å². The number of ketones is 2. The second kappa shape index (κ2) is 18.1. The van der Waals surface area contributed by atoms with Crippen molar-refractivity contribution in [2.75, 3.05) is 22.3 Å². The zero-order valence-corrected chi connectivity index (χ0v) is 39.2. The van der Waals surface area contributed by atoms with E-state index in [0.717, 1.165) is 24.3 Å². The van der Waals surface area contributed by atoms with Gasteiger partial charge >= 0.3 is 88.7 Å². The van der Waals surface area contributed by atoms with Crippen LogP contribution in [0.15, 0.2) is 91.6 Å². The monoisotopic (exact) mass is 858 g/mol. The maximum Gasteiger partial charge on any atom is 1.00 e. The second-order valence-electron chi connectivity index (χ2n) is 12.1. The minimum Gasteiger partial charge on any atom is -0.744 e. The van der Waals surface area contributed by atoms with Gasteiger partial charge in [-0.15, -0.1) is 0 Å². The van der Waals surface area contributed by atoms with Crippen LogP contribution in [0.2, 0.25) is 0 Å². The van der Waals surface area contributed by atoms with Gasteiger partial charge in [0.25, 0.3) is 0 Å². The molecule has 57 heavy (non-hydrogen) atoms. The fourth-order valence-corrected chi connectivity index (χ4v) is 7.56. The number of allylic oxidation sites excluding steroid dienone is 2. The topological polar surface area (TPSA) is 307 Å². The van der Waals surface area contributed by atoms with Crippen LogP contribution in [-0.4, -0.2) is 61.9 Å². The van der Waals surface area contributed by atoms with Gasteiger partial charge in [0, 0.05) is 16.9 Å². The van der Waals surface area contributed by atoms with Gasteiger partial charge in [0.05, 0.1) is 31.6 Å². The van der Waals surface area contributed by atoms with E-state index in [1.165, 1.54) is 18.2 Å². The summed E-state index contributed by atoms with van der Waals surface area (Å²) in [6.07, 6.45) is 1.78. The number of nitrogens with one attached hydrogen (secondary N) is 2. The van der Waals surface area contributed by atoms with Gasteiger partial charge in [-0.25, -0.2) is 25.3 Å². The summed E-state index contributed by atoms with van der Waals surface area (Å²) in [6.45, 7) is 3.39. The summed E-state index contributed by atoms with van der Waals surface area (Å²) in [5.74, 6) is -1.91. The van der Waals surface area contributed by atoms with Gasteiger partial charge in [-0.3, -0.25) is 20.4 Å². The molecule has 4 aromatic rings. The predicted octanol–water partition coefficient (Wildman–Crippen LogP) is -5.85. The largest absolute Gasteiger partial charge is 1.00 e. The molecule has 17 nitrogen and oxygen atoms in total. The van der Waals surface area contributed by atoms with E-state index in [9.17, 15) is 48.5 Å². The molecular weight excluding hydrogens is 834 g/mol. The first-order valence-electron chi connectivity index (χ1n) is 15.3. The van der Waals surface area contributed by atoms with E-state index in [2.05, 4.69) is 21.1 Å². The maximum absolute atomic E-state index is 13.3. The fraction of sp³-hybridized carbons (Fsp3) is 0.0588. The van der Waals surface area contributed by atoms with Crippen LogP contribution in [0, 0.1) is 13.8 Å². The molecule has 0 bridgehead atoms. The molecule has 6 N–H and O–H groups in total. The molecule has 0 fully saturated rings. The van der Waals surface area contributed by atoms with Crippen molar-refractivity contribution in [2.45, 2.75) is 18.7 Å². The van der Waals surface area contributed by atoms with Crippen LogP contribution < -0.4 is 111 Å². The van der Waals surface area contributed by atoms with Gasteiger partial charge in [0.2, 0.25) is 11.6 Å². The van der Waals surface area contributed by atoms with Crippen molar-refractivity contribution in [1.82, 2.24) is 0 Å². The summed E-state index contributed by atoms with van der Waals surface area (Å²) in [7, 11) is -15.5. The molecule has 0 radical (unpaired) electrons. The number of benzene rings is 4. The Hall–Kier alpha value is -3.03. The molecule has 0 aromatic heterocycles. The third-order valence-corrected chi connectivity index (χ3v) is 10.9. The number of nitrogens with zero attached hydrogens (tertiary/aromatic N) is 2. The Morgan fingerprint density at radius 2 is 1.05 bits per heavy atom. The Morgan fingerprint density at radius 1 is 0.579 bits per heavy atom. The number of aryl methyl sites for hydroxylation is 2. The number of rotatable bonds is 8. The normalized spacial score (nSPS) is 15.2. The number of anilines is 4. The second-order valence-corrected chi connectivity index (χ2v) is 16.1. The minimum absolute atomic E-state index is 0. The zero-order valence-electron chi connectivity index (χ0n) is 30.8. The number of fused-ring (bicyclic) bond motifs is 2. The SMILES string of the molecule is Cc1cc(-c2ccc(N/N=C3\C(=O)c4cc(N)ccc4C=C3S(=O)(=O)[O-])c(C)c2)ccc1N/N=C1/C(=O)c2c(N)cc(S(=O)(=O)[O-])cc2C=C1S(=O)(=O)[O-].[Na+].[Na+].[Na+]. The van der Waals surface area contributed by atoms with Crippen LogP contribution >= 0.6 is 0 Å². The molecule has 0 amide bonds. The Balaban J connectivity index is 0.00000290. The molecule has 0 saturated carbocycles. The van der Waals surface area contributed by atoms with Crippen molar-refractivity contribution >= 4 is 88.2 Å². The number of carbonyl (C=O) groups is 2. The number of Topliss-reactive ketones (excluding diaryl/α,β-unsaturated/α-hetero) is 2. The molecule has 0 spiro atoms. The third-order valence-electron chi connectivity index (χ3n) is 8.38. The average Bonchev–Trinajstić information content (AvgIpc) is 3.07. The van der Waals surface area contributed by atoms with E-state index in [1.807, 2.05) is 0 Å². The molecule has 0 unspecified atom stereocenters. The predicted molar refractivity (Wildman–Crippen MR) is 197 cm³/mol. The number of hydrazone groups is 2. The Bertz CT molecular complexity index is 2840. The number of nitrogens with two attached hydrogens (primary N) is 2. The number of hydrogen-bond acceptors (Lipinski definition) is 17. The molecule has 0 atom stereocenters. The minimum atomic E-state index is -5.34. The third kappa shape index (κ3) is 10.2. The zero-order chi connectivity index (χ0) is 39.5.